The third-order valence-corrected chi connectivity index (χ3v) is 3.91. The van der Waals surface area contributed by atoms with Crippen LogP contribution >= 0.6 is 0 Å². The number of anilines is 2. The molecule has 2 heterocycles. The average molecular weight is 277 g/mol. The molecule has 1 aromatic heterocycles. The number of likely N-dealkylation sites (tertiary alicyclic amines) is 1. The summed E-state index contributed by atoms with van der Waals surface area (Å²) in [5.41, 5.74) is 1.14. The van der Waals surface area contributed by atoms with E-state index < -0.39 is 0 Å². The third-order valence-electron chi connectivity index (χ3n) is 3.91. The Morgan fingerprint density at radius 2 is 2.05 bits per heavy atom. The fourth-order valence-corrected chi connectivity index (χ4v) is 2.65. The second kappa shape index (κ2) is 7.43. The zero-order valence-electron chi connectivity index (χ0n) is 13.0. The number of likely N-dealkylation sites (N-methyl/N-ethyl adjacent to an activating group) is 1. The van der Waals surface area contributed by atoms with Crippen molar-refractivity contribution in [3.63, 3.8) is 0 Å². The maximum absolute atomic E-state index is 4.45. The van der Waals surface area contributed by atoms with E-state index in [9.17, 15) is 0 Å². The van der Waals surface area contributed by atoms with Crippen molar-refractivity contribution in [3.8, 4) is 0 Å². The predicted molar refractivity (Wildman–Crippen MR) is 84.5 cm³/mol. The molecule has 1 fully saturated rings. The SMILES string of the molecule is CCCNc1ncnc(N(C)CCN2CCCC2)c1C. The second-order valence-corrected chi connectivity index (χ2v) is 5.57. The van der Waals surface area contributed by atoms with Crippen molar-refractivity contribution in [2.24, 2.45) is 0 Å². The van der Waals surface area contributed by atoms with E-state index in [1.807, 2.05) is 0 Å². The summed E-state index contributed by atoms with van der Waals surface area (Å²) in [6, 6.07) is 0. The number of nitrogens with one attached hydrogen (secondary N) is 1. The maximum atomic E-state index is 4.45. The lowest BCUT2D eigenvalue weighted by Gasteiger charge is -2.24. The van der Waals surface area contributed by atoms with E-state index in [1.165, 1.54) is 25.9 Å². The van der Waals surface area contributed by atoms with Gasteiger partial charge in [0.15, 0.2) is 0 Å². The smallest absolute Gasteiger partial charge is 0.136 e. The van der Waals surface area contributed by atoms with Crippen molar-refractivity contribution in [1.29, 1.82) is 0 Å². The molecule has 1 N–H and O–H groups in total. The summed E-state index contributed by atoms with van der Waals surface area (Å²) >= 11 is 0. The molecule has 20 heavy (non-hydrogen) atoms. The van der Waals surface area contributed by atoms with Crippen LogP contribution in [0, 0.1) is 6.92 Å². The van der Waals surface area contributed by atoms with Crippen molar-refractivity contribution in [1.82, 2.24) is 14.9 Å². The number of rotatable bonds is 7. The monoisotopic (exact) mass is 277 g/mol. The largest absolute Gasteiger partial charge is 0.370 e. The van der Waals surface area contributed by atoms with Crippen LogP contribution in [-0.4, -0.2) is 54.6 Å². The Balaban J connectivity index is 1.95. The molecule has 0 atom stereocenters. The Labute approximate surface area is 122 Å². The summed E-state index contributed by atoms with van der Waals surface area (Å²) in [5, 5.41) is 3.37. The van der Waals surface area contributed by atoms with Crippen molar-refractivity contribution < 1.29 is 0 Å². The van der Waals surface area contributed by atoms with Gasteiger partial charge in [0.25, 0.3) is 0 Å². The van der Waals surface area contributed by atoms with Gasteiger partial charge in [-0.05, 0) is 39.3 Å². The van der Waals surface area contributed by atoms with Crippen LogP contribution in [0.3, 0.4) is 0 Å². The summed E-state index contributed by atoms with van der Waals surface area (Å²) in [6.07, 6.45) is 5.46. The van der Waals surface area contributed by atoms with Crippen molar-refractivity contribution in [2.75, 3.05) is 50.0 Å². The predicted octanol–water partition coefficient (Wildman–Crippen LogP) is 2.14. The van der Waals surface area contributed by atoms with Gasteiger partial charge >= 0.3 is 0 Å². The van der Waals surface area contributed by atoms with Crippen LogP contribution in [0.15, 0.2) is 6.33 Å². The number of hydrogen-bond acceptors (Lipinski definition) is 5. The summed E-state index contributed by atoms with van der Waals surface area (Å²) < 4.78 is 0. The van der Waals surface area contributed by atoms with E-state index in [4.69, 9.17) is 0 Å². The van der Waals surface area contributed by atoms with Gasteiger partial charge in [0.1, 0.15) is 18.0 Å². The lowest BCUT2D eigenvalue weighted by Crippen LogP contribution is -2.32. The van der Waals surface area contributed by atoms with Crippen LogP contribution in [-0.2, 0) is 0 Å². The van der Waals surface area contributed by atoms with Crippen LogP contribution in [0.25, 0.3) is 0 Å². The highest BCUT2D eigenvalue weighted by atomic mass is 15.2. The Morgan fingerprint density at radius 3 is 2.75 bits per heavy atom. The molecule has 5 heteroatoms. The molecule has 5 nitrogen and oxygen atoms in total. The van der Waals surface area contributed by atoms with Gasteiger partial charge in [-0.3, -0.25) is 0 Å². The number of aromatic nitrogens is 2. The van der Waals surface area contributed by atoms with Crippen LogP contribution in [0.1, 0.15) is 31.7 Å². The zero-order chi connectivity index (χ0) is 14.4. The minimum atomic E-state index is 0.953. The molecule has 0 spiro atoms. The van der Waals surface area contributed by atoms with Crippen LogP contribution in [0.4, 0.5) is 11.6 Å². The molecular weight excluding hydrogens is 250 g/mol. The minimum Gasteiger partial charge on any atom is -0.370 e. The van der Waals surface area contributed by atoms with Gasteiger partial charge < -0.3 is 15.1 Å². The highest BCUT2D eigenvalue weighted by Gasteiger charge is 2.14. The average Bonchev–Trinajstić information content (AvgIpc) is 2.97. The first-order valence-corrected chi connectivity index (χ1v) is 7.71. The quantitative estimate of drug-likeness (QED) is 0.827. The van der Waals surface area contributed by atoms with Crippen LogP contribution in [0.5, 0.6) is 0 Å². The van der Waals surface area contributed by atoms with Gasteiger partial charge in [-0.15, -0.1) is 0 Å². The standard InChI is InChI=1S/C15H27N5/c1-4-7-16-14-13(2)15(18-12-17-14)19(3)10-11-20-8-5-6-9-20/h12H,4-11H2,1-3H3,(H,16,17,18). The van der Waals surface area contributed by atoms with Gasteiger partial charge in [-0.2, -0.15) is 0 Å². The van der Waals surface area contributed by atoms with E-state index in [1.54, 1.807) is 6.33 Å². The van der Waals surface area contributed by atoms with Gasteiger partial charge in [0.05, 0.1) is 0 Å². The summed E-state index contributed by atoms with van der Waals surface area (Å²) in [4.78, 5) is 13.6. The second-order valence-electron chi connectivity index (χ2n) is 5.57. The first-order valence-electron chi connectivity index (χ1n) is 7.71. The molecule has 2 rings (SSSR count). The van der Waals surface area contributed by atoms with E-state index in [0.717, 1.165) is 43.3 Å². The maximum Gasteiger partial charge on any atom is 0.136 e. The zero-order valence-corrected chi connectivity index (χ0v) is 13.0. The molecule has 1 aliphatic rings. The van der Waals surface area contributed by atoms with Crippen molar-refractivity contribution in [2.45, 2.75) is 33.1 Å². The molecule has 0 amide bonds. The third kappa shape index (κ3) is 3.82. The molecule has 0 aromatic carbocycles. The fraction of sp³-hybridized carbons (Fsp3) is 0.733. The van der Waals surface area contributed by atoms with Crippen molar-refractivity contribution in [3.05, 3.63) is 11.9 Å². The summed E-state index contributed by atoms with van der Waals surface area (Å²) in [7, 11) is 2.12. The normalized spacial score (nSPS) is 15.6. The van der Waals surface area contributed by atoms with E-state index >= 15 is 0 Å². The number of nitrogens with zero attached hydrogens (tertiary/aromatic N) is 4. The van der Waals surface area contributed by atoms with E-state index in [-0.39, 0.29) is 0 Å². The van der Waals surface area contributed by atoms with Crippen molar-refractivity contribution >= 4 is 11.6 Å². The van der Waals surface area contributed by atoms with Gasteiger partial charge in [0.2, 0.25) is 0 Å². The Kier molecular flexibility index (Phi) is 5.59. The highest BCUT2D eigenvalue weighted by molar-refractivity contribution is 5.57. The Morgan fingerprint density at radius 1 is 1.30 bits per heavy atom. The molecule has 1 aliphatic heterocycles. The fourth-order valence-electron chi connectivity index (χ4n) is 2.65. The lowest BCUT2D eigenvalue weighted by atomic mass is 10.3. The molecule has 0 bridgehead atoms. The molecule has 112 valence electrons. The molecule has 0 saturated carbocycles. The Bertz CT molecular complexity index is 415. The molecular formula is C15H27N5. The highest BCUT2D eigenvalue weighted by Crippen LogP contribution is 2.21. The molecule has 0 aliphatic carbocycles. The first-order chi connectivity index (χ1) is 9.72. The summed E-state index contributed by atoms with van der Waals surface area (Å²) in [6.45, 7) is 9.85. The molecule has 1 saturated heterocycles. The van der Waals surface area contributed by atoms with E-state index in [0.29, 0.717) is 0 Å². The number of hydrogen-bond donors (Lipinski definition) is 1. The van der Waals surface area contributed by atoms with Crippen LogP contribution in [0.2, 0.25) is 0 Å². The van der Waals surface area contributed by atoms with Gasteiger partial charge in [-0.1, -0.05) is 6.92 Å². The van der Waals surface area contributed by atoms with Crippen LogP contribution < -0.4 is 10.2 Å². The van der Waals surface area contributed by atoms with E-state index in [2.05, 4.69) is 46.0 Å². The minimum absolute atomic E-state index is 0.953. The molecule has 0 radical (unpaired) electrons. The first kappa shape index (κ1) is 15.0. The summed E-state index contributed by atoms with van der Waals surface area (Å²) in [5.74, 6) is 2.00. The topological polar surface area (TPSA) is 44.3 Å². The molecule has 1 aromatic rings. The molecule has 0 unspecified atom stereocenters. The lowest BCUT2D eigenvalue weighted by molar-refractivity contribution is 0.346. The van der Waals surface area contributed by atoms with Gasteiger partial charge in [0, 0.05) is 32.2 Å². The van der Waals surface area contributed by atoms with Gasteiger partial charge in [-0.25, -0.2) is 9.97 Å². The Hall–Kier alpha value is -1.36.